The summed E-state index contributed by atoms with van der Waals surface area (Å²) in [4.78, 5) is 0. The Morgan fingerprint density at radius 3 is 2.23 bits per heavy atom. The molecule has 3 saturated heterocycles. The molecule has 61 heavy (non-hydrogen) atoms. The fourth-order valence-electron chi connectivity index (χ4n) is 12.8. The van der Waals surface area contributed by atoms with Gasteiger partial charge in [0.1, 0.15) is 73.2 Å². The summed E-state index contributed by atoms with van der Waals surface area (Å²) in [5, 5.41) is 103. The van der Waals surface area contributed by atoms with Gasteiger partial charge in [0.2, 0.25) is 0 Å². The zero-order valence-corrected chi connectivity index (χ0v) is 35.7. The molecule has 348 valence electrons. The lowest BCUT2D eigenvalue weighted by molar-refractivity contribution is -0.353. The van der Waals surface area contributed by atoms with Crippen LogP contribution in [0.15, 0.2) is 23.0 Å². The molecule has 6 fully saturated rings. The highest BCUT2D eigenvalue weighted by atomic mass is 16.7. The Hall–Kier alpha value is -1.36. The fraction of sp³-hybridized carbons (Fsp3) is 0.909. The molecule has 3 saturated carbocycles. The quantitative estimate of drug-likeness (QED) is 0.113. The van der Waals surface area contributed by atoms with Gasteiger partial charge in [0.15, 0.2) is 18.9 Å². The zero-order valence-electron chi connectivity index (χ0n) is 35.7. The molecule has 0 aromatic heterocycles. The third kappa shape index (κ3) is 8.29. The summed E-state index contributed by atoms with van der Waals surface area (Å²) in [6.45, 7) is 8.07. The first-order valence-corrected chi connectivity index (χ1v) is 22.6. The van der Waals surface area contributed by atoms with Crippen LogP contribution in [0.2, 0.25) is 0 Å². The number of aliphatic hydroxyl groups is 10. The van der Waals surface area contributed by atoms with Gasteiger partial charge >= 0.3 is 0 Å². The molecule has 10 N–H and O–H groups in total. The first kappa shape index (κ1) is 46.2. The predicted molar refractivity (Wildman–Crippen MR) is 212 cm³/mol. The summed E-state index contributed by atoms with van der Waals surface area (Å²) in [5.41, 5.74) is 2.84. The second-order valence-electron chi connectivity index (χ2n) is 20.0. The molecule has 0 bridgehead atoms. The van der Waals surface area contributed by atoms with E-state index in [1.807, 2.05) is 0 Å². The molecule has 23 atom stereocenters. The van der Waals surface area contributed by atoms with Crippen LogP contribution in [0.1, 0.15) is 85.5 Å². The van der Waals surface area contributed by atoms with E-state index < -0.39 is 99.2 Å². The van der Waals surface area contributed by atoms with Crippen LogP contribution in [0.4, 0.5) is 0 Å². The minimum Gasteiger partial charge on any atom is -0.494 e. The average Bonchev–Trinajstić information content (AvgIpc) is 3.73. The van der Waals surface area contributed by atoms with Crippen LogP contribution in [-0.4, -0.2) is 176 Å². The van der Waals surface area contributed by atoms with Crippen LogP contribution in [0.3, 0.4) is 0 Å². The van der Waals surface area contributed by atoms with E-state index in [0.29, 0.717) is 30.1 Å². The van der Waals surface area contributed by atoms with Gasteiger partial charge in [0.25, 0.3) is 0 Å². The minimum atomic E-state index is -1.62. The van der Waals surface area contributed by atoms with E-state index in [4.69, 9.17) is 33.2 Å². The second-order valence-corrected chi connectivity index (χ2v) is 20.0. The average molecular weight is 871 g/mol. The Bertz CT molecular complexity index is 1590. The Morgan fingerprint density at radius 2 is 1.49 bits per heavy atom. The normalized spacial score (nSPS) is 51.5. The van der Waals surface area contributed by atoms with Gasteiger partial charge in [-0.1, -0.05) is 32.4 Å². The maximum absolute atomic E-state index is 11.1. The Balaban J connectivity index is 0.853. The van der Waals surface area contributed by atoms with E-state index in [0.717, 1.165) is 57.1 Å². The van der Waals surface area contributed by atoms with Crippen LogP contribution in [0, 0.1) is 40.4 Å². The number of aliphatic hydroxyl groups excluding tert-OH is 10. The number of fused-ring (bicyclic) bond motifs is 7. The minimum absolute atomic E-state index is 0.00359. The maximum atomic E-state index is 11.1. The molecule has 0 amide bonds. The number of ether oxygens (including phenoxy) is 7. The van der Waals surface area contributed by atoms with Crippen molar-refractivity contribution in [1.82, 2.24) is 0 Å². The van der Waals surface area contributed by atoms with Crippen molar-refractivity contribution in [3.8, 4) is 0 Å². The summed E-state index contributed by atoms with van der Waals surface area (Å²) >= 11 is 0. The molecular weight excluding hydrogens is 800 g/mol. The third-order valence-electron chi connectivity index (χ3n) is 16.4. The smallest absolute Gasteiger partial charge is 0.186 e. The summed E-state index contributed by atoms with van der Waals surface area (Å²) in [7, 11) is 0. The van der Waals surface area contributed by atoms with E-state index in [1.54, 1.807) is 0 Å². The Kier molecular flexibility index (Phi) is 13.7. The zero-order chi connectivity index (χ0) is 43.7. The molecule has 4 heterocycles. The highest BCUT2D eigenvalue weighted by molar-refractivity contribution is 5.30. The standard InChI is InChI=1S/C44H70O17/c1-19(17-55-40-37(53)34(50)33(49)29(15-45)59-40)5-8-27-20(2)31-28(58-27)14-25-23-7-6-21-13-22(9-11-43(21,3)24(23)10-12-44(25,31)4)57-42-38(54)35(51)39(30(16-46)60-42)61-41-36(52)32(48)26(47)18-56-41/h6,19,22-26,28-42,45-54H,5,7-18H2,1-4H3/t19-,22+,23-,24+,25+,26+,28?,29-,30-,31+,32+,33-,34+,35-,36-,37-,38-,39-,40-,41+,42-,43+,44+/m1/s1. The van der Waals surface area contributed by atoms with Crippen molar-refractivity contribution in [2.45, 2.75) is 184 Å². The van der Waals surface area contributed by atoms with Crippen LogP contribution in [-0.2, 0) is 33.2 Å². The highest BCUT2D eigenvalue weighted by Gasteiger charge is 2.64. The summed E-state index contributed by atoms with van der Waals surface area (Å²) in [5.74, 6) is 3.11. The molecule has 1 unspecified atom stereocenters. The first-order chi connectivity index (χ1) is 29.0. The van der Waals surface area contributed by atoms with Gasteiger partial charge < -0.3 is 84.2 Å². The van der Waals surface area contributed by atoms with Crippen LogP contribution in [0.25, 0.3) is 0 Å². The van der Waals surface area contributed by atoms with Gasteiger partial charge in [-0.25, -0.2) is 0 Å². The first-order valence-electron chi connectivity index (χ1n) is 22.6. The predicted octanol–water partition coefficient (Wildman–Crippen LogP) is -0.271. The number of allylic oxidation sites excluding steroid dienone is 2. The van der Waals surface area contributed by atoms with Crippen molar-refractivity contribution >= 4 is 0 Å². The van der Waals surface area contributed by atoms with Crippen molar-refractivity contribution in [2.24, 2.45) is 40.4 Å². The number of hydrogen-bond donors (Lipinski definition) is 10. The monoisotopic (exact) mass is 870 g/mol. The molecular formula is C44H70O17. The van der Waals surface area contributed by atoms with E-state index in [2.05, 4.69) is 33.8 Å². The molecule has 4 aliphatic carbocycles. The van der Waals surface area contributed by atoms with Crippen LogP contribution in [0.5, 0.6) is 0 Å². The van der Waals surface area contributed by atoms with Gasteiger partial charge in [-0.3, -0.25) is 0 Å². The lowest BCUT2D eigenvalue weighted by atomic mass is 9.47. The Labute approximate surface area is 357 Å². The third-order valence-corrected chi connectivity index (χ3v) is 16.4. The fourth-order valence-corrected chi connectivity index (χ4v) is 12.8. The molecule has 4 aliphatic heterocycles. The van der Waals surface area contributed by atoms with Crippen molar-refractivity contribution in [1.29, 1.82) is 0 Å². The molecule has 0 aromatic rings. The van der Waals surface area contributed by atoms with Crippen molar-refractivity contribution < 1.29 is 84.2 Å². The van der Waals surface area contributed by atoms with Gasteiger partial charge in [0.05, 0.1) is 38.3 Å². The molecule has 0 spiro atoms. The van der Waals surface area contributed by atoms with Gasteiger partial charge in [-0.05, 0) is 98.4 Å². The molecule has 17 nitrogen and oxygen atoms in total. The van der Waals surface area contributed by atoms with Crippen LogP contribution < -0.4 is 0 Å². The maximum Gasteiger partial charge on any atom is 0.186 e. The molecule has 8 rings (SSSR count). The van der Waals surface area contributed by atoms with Gasteiger partial charge in [0, 0.05) is 12.3 Å². The van der Waals surface area contributed by atoms with E-state index in [9.17, 15) is 51.1 Å². The van der Waals surface area contributed by atoms with Crippen molar-refractivity contribution in [2.75, 3.05) is 26.4 Å². The molecule has 17 heteroatoms. The van der Waals surface area contributed by atoms with Crippen molar-refractivity contribution in [3.05, 3.63) is 23.0 Å². The highest BCUT2D eigenvalue weighted by Crippen LogP contribution is 2.69. The van der Waals surface area contributed by atoms with Gasteiger partial charge in [-0.15, -0.1) is 0 Å². The Morgan fingerprint density at radius 1 is 0.787 bits per heavy atom. The number of hydrogen-bond acceptors (Lipinski definition) is 17. The SMILES string of the molecule is CC1=C(CC[C@@H](C)CO[C@@H]2O[C@H](CO)[C@@H](O)[C@H](O)[C@H]2O)OC2C[C@H]3[C@@H]4CC=C5C[C@@H](O[C@@H]6O[C@H](CO)[C@@H](O[C@@H]7OC[C@H](O)[C@H](O)[C@H]7O)[C@H](O)[C@H]6O)CC[C@]5(C)[C@H]4CC[C@]3(C)[C@@H]12. The lowest BCUT2D eigenvalue weighted by Crippen LogP contribution is -2.63. The number of rotatable bonds is 12. The summed E-state index contributed by atoms with van der Waals surface area (Å²) in [6, 6.07) is 0. The van der Waals surface area contributed by atoms with E-state index in [-0.39, 0.29) is 42.2 Å². The summed E-state index contributed by atoms with van der Waals surface area (Å²) < 4.78 is 41.5. The van der Waals surface area contributed by atoms with Gasteiger partial charge in [-0.2, -0.15) is 0 Å². The molecule has 8 aliphatic rings. The molecule has 0 aromatic carbocycles. The lowest BCUT2D eigenvalue weighted by Gasteiger charge is -2.58. The van der Waals surface area contributed by atoms with Crippen LogP contribution >= 0.6 is 0 Å². The largest absolute Gasteiger partial charge is 0.494 e. The van der Waals surface area contributed by atoms with E-state index in [1.165, 1.54) is 11.1 Å². The van der Waals surface area contributed by atoms with Crippen molar-refractivity contribution in [3.63, 3.8) is 0 Å². The van der Waals surface area contributed by atoms with E-state index >= 15 is 0 Å². The topological polar surface area (TPSA) is 267 Å². The second kappa shape index (κ2) is 18.1. The summed E-state index contributed by atoms with van der Waals surface area (Å²) in [6.07, 6.45) is -8.66. The molecule has 0 radical (unpaired) electrons.